The minimum atomic E-state index is -4.88. The summed E-state index contributed by atoms with van der Waals surface area (Å²) in [5.74, 6) is -1.39. The van der Waals surface area contributed by atoms with Crippen LogP contribution in [-0.4, -0.2) is 79.8 Å². The van der Waals surface area contributed by atoms with E-state index >= 15 is 0 Å². The molecule has 0 saturated carbocycles. The van der Waals surface area contributed by atoms with Crippen molar-refractivity contribution in [1.82, 2.24) is 25.0 Å². The number of aromatic nitrogens is 3. The molecule has 10 nitrogen and oxygen atoms in total. The van der Waals surface area contributed by atoms with Gasteiger partial charge in [-0.05, 0) is 70.1 Å². The molecule has 308 valence electrons. The molecule has 3 aromatic heterocycles. The number of amides is 2. The summed E-state index contributed by atoms with van der Waals surface area (Å²) in [7, 11) is 0. The number of hydrogen-bond donors (Lipinski definition) is 2. The van der Waals surface area contributed by atoms with Crippen molar-refractivity contribution in [3.8, 4) is 11.5 Å². The van der Waals surface area contributed by atoms with Crippen LogP contribution in [0.5, 0.6) is 11.5 Å². The average molecular weight is 822 g/mol. The van der Waals surface area contributed by atoms with Gasteiger partial charge < -0.3 is 24.4 Å². The standard InChI is InChI=1S/C40H45F6N5O5S/c1-4-9-33-38(56-27-22-34(57-24-27)40(44,45)46,14-8-18-51(33)35(52)29-23-47-17-13-30(29)39(41,42)43)36(53)50-19-15-37(54,16-20-50)31-11-5-6-12-32(31)55-21-7-10-28-25(2)48-49-26(28)3/h5-6,11-13,17,22-24,33,54H,4,7-10,14-16,18-21H2,1-3H3,(H,48,49)/t33-,38+/m1/s1. The average Bonchev–Trinajstić information content (AvgIpc) is 3.79. The highest BCUT2D eigenvalue weighted by Crippen LogP contribution is 2.44. The molecule has 2 aliphatic rings. The van der Waals surface area contributed by atoms with Gasteiger partial charge in [0.15, 0.2) is 0 Å². The van der Waals surface area contributed by atoms with Gasteiger partial charge in [-0.25, -0.2) is 0 Å². The predicted octanol–water partition coefficient (Wildman–Crippen LogP) is 8.26. The highest BCUT2D eigenvalue weighted by molar-refractivity contribution is 7.10. The van der Waals surface area contributed by atoms with Crippen LogP contribution in [0.1, 0.15) is 95.2 Å². The first kappa shape index (κ1) is 42.0. The maximum Gasteiger partial charge on any atom is 0.425 e. The summed E-state index contributed by atoms with van der Waals surface area (Å²) in [4.78, 5) is 34.5. The van der Waals surface area contributed by atoms with E-state index in [1.54, 1.807) is 31.2 Å². The number of alkyl halides is 6. The zero-order valence-corrected chi connectivity index (χ0v) is 32.6. The number of para-hydroxylation sites is 1. The van der Waals surface area contributed by atoms with Crippen molar-refractivity contribution in [1.29, 1.82) is 0 Å². The summed E-state index contributed by atoms with van der Waals surface area (Å²) in [6.07, 6.45) is -5.68. The molecule has 0 spiro atoms. The number of ether oxygens (including phenoxy) is 2. The largest absolute Gasteiger partial charge is 0.493 e. The van der Waals surface area contributed by atoms with E-state index in [0.29, 0.717) is 48.2 Å². The van der Waals surface area contributed by atoms with E-state index in [9.17, 15) is 41.0 Å². The number of carbonyl (C=O) groups is 2. The van der Waals surface area contributed by atoms with Crippen molar-refractivity contribution in [2.45, 2.75) is 102 Å². The Balaban J connectivity index is 1.27. The van der Waals surface area contributed by atoms with Crippen LogP contribution in [0.2, 0.25) is 0 Å². The van der Waals surface area contributed by atoms with Crippen LogP contribution in [0.25, 0.3) is 0 Å². The zero-order chi connectivity index (χ0) is 41.2. The Kier molecular flexibility index (Phi) is 12.3. The number of H-pyrrole nitrogens is 1. The van der Waals surface area contributed by atoms with Gasteiger partial charge in [0, 0.05) is 61.2 Å². The molecule has 6 rings (SSSR count). The van der Waals surface area contributed by atoms with Gasteiger partial charge in [0.1, 0.15) is 16.4 Å². The summed E-state index contributed by atoms with van der Waals surface area (Å²) in [5.41, 5.74) is -1.68. The lowest BCUT2D eigenvalue weighted by molar-refractivity contribution is -0.163. The summed E-state index contributed by atoms with van der Waals surface area (Å²) in [6.45, 7) is 6.04. The number of nitrogens with zero attached hydrogens (tertiary/aromatic N) is 4. The molecule has 0 radical (unpaired) electrons. The molecule has 2 N–H and O–H groups in total. The Morgan fingerprint density at radius 2 is 1.77 bits per heavy atom. The second-order valence-electron chi connectivity index (χ2n) is 14.6. The third-order valence-corrected chi connectivity index (χ3v) is 11.9. The third kappa shape index (κ3) is 8.78. The summed E-state index contributed by atoms with van der Waals surface area (Å²) >= 11 is 0.382. The number of aliphatic hydroxyl groups is 1. The fourth-order valence-electron chi connectivity index (χ4n) is 8.07. The molecule has 4 aromatic rings. The van der Waals surface area contributed by atoms with Gasteiger partial charge >= 0.3 is 12.4 Å². The SMILES string of the molecule is CCC[C@H]1N(C(=O)c2cnccc2C(F)(F)F)CCC[C@@]1(Oc1csc(C(F)(F)F)c1)C(=O)N1CCC(O)(c2ccccc2OCCCc2c(C)n[nH]c2C)CC1. The van der Waals surface area contributed by atoms with Crippen molar-refractivity contribution in [3.05, 3.63) is 92.7 Å². The topological polar surface area (TPSA) is 121 Å². The summed E-state index contributed by atoms with van der Waals surface area (Å²) in [6, 6.07) is 7.45. The summed E-state index contributed by atoms with van der Waals surface area (Å²) in [5, 5.41) is 20.4. The number of piperidine rings is 2. The molecule has 2 aliphatic heterocycles. The lowest BCUT2D eigenvalue weighted by Crippen LogP contribution is -2.68. The fraction of sp³-hybridized carbons (Fsp3) is 0.500. The quantitative estimate of drug-likeness (QED) is 0.109. The van der Waals surface area contributed by atoms with Crippen LogP contribution in [0, 0.1) is 13.8 Å². The number of benzene rings is 1. The fourth-order valence-corrected chi connectivity index (χ4v) is 8.75. The lowest BCUT2D eigenvalue weighted by Gasteiger charge is -2.51. The van der Waals surface area contributed by atoms with Gasteiger partial charge in [-0.2, -0.15) is 31.4 Å². The van der Waals surface area contributed by atoms with Crippen LogP contribution >= 0.6 is 11.3 Å². The van der Waals surface area contributed by atoms with Crippen LogP contribution in [0.3, 0.4) is 0 Å². The first-order valence-electron chi connectivity index (χ1n) is 18.9. The minimum absolute atomic E-state index is 0.0128. The molecule has 0 bridgehead atoms. The number of halogens is 6. The molecule has 0 unspecified atom stereocenters. The van der Waals surface area contributed by atoms with Crippen molar-refractivity contribution < 1.29 is 50.5 Å². The maximum absolute atomic E-state index is 15.0. The predicted molar refractivity (Wildman–Crippen MR) is 199 cm³/mol. The normalized spacial score (nSPS) is 20.1. The monoisotopic (exact) mass is 821 g/mol. The van der Waals surface area contributed by atoms with Gasteiger partial charge in [0.25, 0.3) is 11.8 Å². The van der Waals surface area contributed by atoms with E-state index in [1.807, 2.05) is 13.8 Å². The molecule has 17 heteroatoms. The second kappa shape index (κ2) is 16.7. The molecule has 5 heterocycles. The van der Waals surface area contributed by atoms with E-state index in [4.69, 9.17) is 9.47 Å². The van der Waals surface area contributed by atoms with Crippen molar-refractivity contribution in [2.24, 2.45) is 0 Å². The zero-order valence-electron chi connectivity index (χ0n) is 31.8. The summed E-state index contributed by atoms with van der Waals surface area (Å²) < 4.78 is 96.0. The minimum Gasteiger partial charge on any atom is -0.493 e. The Morgan fingerprint density at radius 3 is 2.42 bits per heavy atom. The van der Waals surface area contributed by atoms with Gasteiger partial charge in [0.05, 0.1) is 35.1 Å². The Morgan fingerprint density at radius 1 is 1.04 bits per heavy atom. The van der Waals surface area contributed by atoms with Gasteiger partial charge in [-0.1, -0.05) is 31.5 Å². The highest BCUT2D eigenvalue weighted by atomic mass is 32.1. The number of pyridine rings is 1. The molecule has 57 heavy (non-hydrogen) atoms. The molecule has 2 saturated heterocycles. The number of rotatable bonds is 12. The molecule has 2 amide bonds. The number of thiophene rings is 1. The van der Waals surface area contributed by atoms with Crippen LogP contribution in [0.4, 0.5) is 26.3 Å². The number of aryl methyl sites for hydroxylation is 2. The molecular weight excluding hydrogens is 777 g/mol. The highest BCUT2D eigenvalue weighted by Gasteiger charge is 2.56. The first-order valence-corrected chi connectivity index (χ1v) is 19.8. The van der Waals surface area contributed by atoms with E-state index in [2.05, 4.69) is 15.2 Å². The number of aromatic amines is 1. The number of hydrogen-bond acceptors (Lipinski definition) is 8. The Hall–Kier alpha value is -4.64. The van der Waals surface area contributed by atoms with E-state index in [-0.39, 0.29) is 57.5 Å². The van der Waals surface area contributed by atoms with Crippen molar-refractivity contribution >= 4 is 23.2 Å². The van der Waals surface area contributed by atoms with E-state index in [0.717, 1.165) is 47.2 Å². The van der Waals surface area contributed by atoms with Crippen LogP contribution in [-0.2, 0) is 29.2 Å². The molecular formula is C40H45F6N5O5S. The number of carbonyl (C=O) groups excluding carboxylic acids is 2. The molecule has 2 atom stereocenters. The van der Waals surface area contributed by atoms with Gasteiger partial charge in [-0.15, -0.1) is 11.3 Å². The molecule has 0 aliphatic carbocycles. The Bertz CT molecular complexity index is 2020. The number of nitrogens with one attached hydrogen (secondary N) is 1. The van der Waals surface area contributed by atoms with Gasteiger partial charge in [-0.3, -0.25) is 19.7 Å². The van der Waals surface area contributed by atoms with E-state index in [1.165, 1.54) is 9.80 Å². The first-order chi connectivity index (χ1) is 27.0. The van der Waals surface area contributed by atoms with Crippen molar-refractivity contribution in [3.63, 3.8) is 0 Å². The molecule has 2 fully saturated rings. The third-order valence-electron chi connectivity index (χ3n) is 10.9. The lowest BCUT2D eigenvalue weighted by atomic mass is 9.78. The van der Waals surface area contributed by atoms with Crippen LogP contribution in [0.15, 0.2) is 54.2 Å². The second-order valence-corrected chi connectivity index (χ2v) is 15.6. The van der Waals surface area contributed by atoms with Crippen molar-refractivity contribution in [2.75, 3.05) is 26.2 Å². The van der Waals surface area contributed by atoms with Crippen LogP contribution < -0.4 is 9.47 Å². The molecule has 1 aromatic carbocycles. The Labute approximate surface area is 330 Å². The number of likely N-dealkylation sites (tertiary alicyclic amines) is 2. The van der Waals surface area contributed by atoms with E-state index < -0.39 is 57.4 Å². The smallest absolute Gasteiger partial charge is 0.425 e. The van der Waals surface area contributed by atoms with Gasteiger partial charge in [0.2, 0.25) is 5.60 Å². The maximum atomic E-state index is 15.0.